The van der Waals surface area contributed by atoms with E-state index in [0.29, 0.717) is 39.2 Å². The van der Waals surface area contributed by atoms with Gasteiger partial charge in [0.2, 0.25) is 5.91 Å². The topological polar surface area (TPSA) is 161 Å². The predicted octanol–water partition coefficient (Wildman–Crippen LogP) is 7.71. The monoisotopic (exact) mass is 782 g/mol. The number of hydrogen-bond acceptors (Lipinski definition) is 7. The summed E-state index contributed by atoms with van der Waals surface area (Å²) in [6, 6.07) is 22.0. The molecule has 5 aromatic rings. The molecule has 0 radical (unpaired) electrons. The van der Waals surface area contributed by atoms with Crippen LogP contribution in [0.15, 0.2) is 110 Å². The minimum Gasteiger partial charge on any atom is -0.383 e. The molecule has 0 spiro atoms. The van der Waals surface area contributed by atoms with Crippen LogP contribution in [0.5, 0.6) is 0 Å². The summed E-state index contributed by atoms with van der Waals surface area (Å²) in [4.78, 5) is 55.7. The number of aromatic nitrogens is 3. The number of aliphatic hydroxyl groups is 1. The van der Waals surface area contributed by atoms with Crippen LogP contribution in [0, 0.1) is 11.7 Å². The van der Waals surface area contributed by atoms with Crippen molar-refractivity contribution in [1.29, 1.82) is 0 Å². The molecular weight excluding hydrogens is 746 g/mol. The predicted molar refractivity (Wildman–Crippen MR) is 207 cm³/mol. The third-order valence-electron chi connectivity index (χ3n) is 9.92. The molecule has 5 N–H and O–H groups in total. The summed E-state index contributed by atoms with van der Waals surface area (Å²) in [7, 11) is 0. The van der Waals surface area contributed by atoms with Crippen molar-refractivity contribution in [2.24, 2.45) is 5.92 Å². The second-order valence-electron chi connectivity index (χ2n) is 13.8. The van der Waals surface area contributed by atoms with E-state index < -0.39 is 41.0 Å². The van der Waals surface area contributed by atoms with Crippen molar-refractivity contribution >= 4 is 58.5 Å². The summed E-state index contributed by atoms with van der Waals surface area (Å²) >= 11 is 12.0. The van der Waals surface area contributed by atoms with E-state index in [4.69, 9.17) is 23.2 Å². The molecule has 3 aromatic heterocycles. The number of carbonyl (C=O) groups excluding carboxylic acids is 3. The number of nitrogens with zero attached hydrogens (tertiary/aromatic N) is 4. The Kier molecular flexibility index (Phi) is 11.0. The first-order chi connectivity index (χ1) is 26.5. The van der Waals surface area contributed by atoms with Crippen molar-refractivity contribution in [3.8, 4) is 0 Å². The van der Waals surface area contributed by atoms with Crippen LogP contribution in [0.4, 0.5) is 31.3 Å². The molecule has 12 nitrogen and oxygen atoms in total. The minimum atomic E-state index is -1.60. The summed E-state index contributed by atoms with van der Waals surface area (Å²) < 4.78 is 15.8. The molecule has 1 aliphatic carbocycles. The Morgan fingerprint density at radius 3 is 2.18 bits per heavy atom. The van der Waals surface area contributed by atoms with Gasteiger partial charge in [-0.2, -0.15) is 0 Å². The maximum Gasteiger partial charge on any atom is 0.323 e. The van der Waals surface area contributed by atoms with E-state index in [1.807, 2.05) is 0 Å². The number of halogens is 3. The Morgan fingerprint density at radius 1 is 0.855 bits per heavy atom. The molecule has 1 saturated carbocycles. The quantitative estimate of drug-likeness (QED) is 0.0917. The lowest BCUT2D eigenvalue weighted by atomic mass is 9.81. The number of rotatable bonds is 11. The Labute approximate surface area is 326 Å². The average Bonchev–Trinajstić information content (AvgIpc) is 3.95. The van der Waals surface area contributed by atoms with Gasteiger partial charge in [0, 0.05) is 25.0 Å². The molecule has 1 unspecified atom stereocenters. The van der Waals surface area contributed by atoms with Gasteiger partial charge in [-0.15, -0.1) is 0 Å². The molecule has 0 bridgehead atoms. The lowest BCUT2D eigenvalue weighted by Crippen LogP contribution is -2.49. The van der Waals surface area contributed by atoms with Crippen LogP contribution in [0.1, 0.15) is 48.9 Å². The smallest absolute Gasteiger partial charge is 0.323 e. The number of benzene rings is 2. The van der Waals surface area contributed by atoms with E-state index >= 15 is 4.39 Å². The van der Waals surface area contributed by atoms with E-state index in [9.17, 15) is 19.5 Å². The van der Waals surface area contributed by atoms with Crippen LogP contribution < -0.4 is 21.3 Å². The van der Waals surface area contributed by atoms with Crippen LogP contribution in [0.2, 0.25) is 10.0 Å². The van der Waals surface area contributed by atoms with Gasteiger partial charge in [-0.25, -0.2) is 23.9 Å². The van der Waals surface area contributed by atoms with Crippen molar-refractivity contribution in [2.75, 3.05) is 22.5 Å². The second-order valence-corrected chi connectivity index (χ2v) is 14.6. The summed E-state index contributed by atoms with van der Waals surface area (Å²) in [5.41, 5.74) is -1.59. The number of nitrogens with one attached hydrogen (secondary N) is 4. The fraction of sp³-hybridized carbons (Fsp3) is 0.250. The van der Waals surface area contributed by atoms with Gasteiger partial charge in [-0.3, -0.25) is 20.4 Å². The van der Waals surface area contributed by atoms with E-state index in [2.05, 4.69) is 36.2 Å². The Bertz CT molecular complexity index is 2160. The van der Waals surface area contributed by atoms with Crippen molar-refractivity contribution in [3.63, 3.8) is 0 Å². The van der Waals surface area contributed by atoms with Crippen molar-refractivity contribution in [1.82, 2.24) is 25.2 Å². The molecule has 282 valence electrons. The summed E-state index contributed by atoms with van der Waals surface area (Å²) in [5.74, 6) is -0.581. The Balaban J connectivity index is 1.21. The number of β-amino-alcohol motifs (C(OH)–C–C–N with tert-alkyl or cyclic N) is 1. The second kappa shape index (κ2) is 16.0. The number of pyridine rings is 3. The number of likely N-dealkylation sites (tertiary alicyclic amines) is 1. The fourth-order valence-corrected chi connectivity index (χ4v) is 7.10. The van der Waals surface area contributed by atoms with Crippen LogP contribution in [0.3, 0.4) is 0 Å². The highest BCUT2D eigenvalue weighted by Gasteiger charge is 2.49. The van der Waals surface area contributed by atoms with E-state index in [1.165, 1.54) is 35.5 Å². The minimum absolute atomic E-state index is 0.175. The Hall–Kier alpha value is -5.63. The summed E-state index contributed by atoms with van der Waals surface area (Å²) in [6.07, 6.45) is 7.47. The molecule has 55 heavy (non-hydrogen) atoms. The maximum atomic E-state index is 15.8. The molecule has 7 rings (SSSR count). The lowest BCUT2D eigenvalue weighted by molar-refractivity contribution is -0.119. The highest BCUT2D eigenvalue weighted by atomic mass is 35.5. The van der Waals surface area contributed by atoms with Gasteiger partial charge < -0.3 is 20.6 Å². The van der Waals surface area contributed by atoms with Crippen LogP contribution in [0.25, 0.3) is 0 Å². The molecule has 5 amide bonds. The van der Waals surface area contributed by atoms with Crippen molar-refractivity contribution in [3.05, 3.63) is 142 Å². The zero-order valence-corrected chi connectivity index (χ0v) is 30.9. The van der Waals surface area contributed by atoms with Gasteiger partial charge in [-0.05, 0) is 78.4 Å². The lowest BCUT2D eigenvalue weighted by Gasteiger charge is -2.35. The van der Waals surface area contributed by atoms with Gasteiger partial charge in [0.05, 0.1) is 28.0 Å². The fourth-order valence-electron chi connectivity index (χ4n) is 6.88. The normalized spacial score (nSPS) is 18.9. The van der Waals surface area contributed by atoms with E-state index in [-0.39, 0.29) is 30.3 Å². The van der Waals surface area contributed by atoms with Crippen molar-refractivity contribution < 1.29 is 23.9 Å². The van der Waals surface area contributed by atoms with Gasteiger partial charge in [0.1, 0.15) is 34.6 Å². The van der Waals surface area contributed by atoms with Crippen LogP contribution >= 0.6 is 23.2 Å². The SMILES string of the molecule is O=C(Nc1ccc(Cl)cn1)NC(CCC1CC1)(c1ccc(F)c(NC(=O)[C@H]2C[C@](O)(c3ccccc3)CN2C(=O)Nc2ccc(Cl)cn2)c1)c1ccccn1. The molecule has 2 fully saturated rings. The molecule has 4 heterocycles. The standard InChI is InChI=1S/C40H37Cl2FN8O4/c41-28-12-15-34(45-22-28)48-37(53)50-40(18-17-25-9-10-25,33-8-4-5-19-44-33)27-11-14-30(43)31(20-27)47-36(52)32-21-39(55,26-6-2-1-3-7-26)24-51(32)38(54)49-35-16-13-29(42)23-46-35/h1-8,11-16,19-20,22-23,25,32,55H,9-10,17-18,21,24H2,(H,47,52)(H,46,49,54)(H2,45,48,50,53)/t32-,39-,40?/m1/s1. The first-order valence-electron chi connectivity index (χ1n) is 17.7. The van der Waals surface area contributed by atoms with Crippen LogP contribution in [-0.4, -0.2) is 55.5 Å². The highest BCUT2D eigenvalue weighted by Crippen LogP contribution is 2.42. The van der Waals surface area contributed by atoms with Gasteiger partial charge >= 0.3 is 12.1 Å². The number of hydrogen-bond donors (Lipinski definition) is 5. The van der Waals surface area contributed by atoms with E-state index in [0.717, 1.165) is 19.3 Å². The Morgan fingerprint density at radius 2 is 1.55 bits per heavy atom. The molecule has 1 saturated heterocycles. The zero-order valence-electron chi connectivity index (χ0n) is 29.4. The largest absolute Gasteiger partial charge is 0.383 e. The third kappa shape index (κ3) is 8.69. The first kappa shape index (κ1) is 37.7. The van der Waals surface area contributed by atoms with Gasteiger partial charge in [0.15, 0.2) is 0 Å². The molecule has 1 aliphatic heterocycles. The summed E-state index contributed by atoms with van der Waals surface area (Å²) in [6.45, 7) is -0.234. The first-order valence-corrected chi connectivity index (χ1v) is 18.5. The average molecular weight is 784 g/mol. The molecule has 15 heteroatoms. The maximum absolute atomic E-state index is 15.8. The third-order valence-corrected chi connectivity index (χ3v) is 10.4. The number of anilines is 3. The molecule has 3 atom stereocenters. The number of urea groups is 2. The molecule has 2 aliphatic rings. The highest BCUT2D eigenvalue weighted by molar-refractivity contribution is 6.30. The van der Waals surface area contributed by atoms with Crippen LogP contribution in [-0.2, 0) is 15.9 Å². The van der Waals surface area contributed by atoms with Gasteiger partial charge in [0.25, 0.3) is 0 Å². The number of amides is 5. The summed E-state index contributed by atoms with van der Waals surface area (Å²) in [5, 5.41) is 23.8. The molecular formula is C40H37Cl2FN8O4. The van der Waals surface area contributed by atoms with Crippen molar-refractivity contribution in [2.45, 2.75) is 49.3 Å². The molecule has 2 aromatic carbocycles. The zero-order chi connectivity index (χ0) is 38.6. The van der Waals surface area contributed by atoms with E-state index in [1.54, 1.807) is 79.0 Å². The number of carbonyl (C=O) groups is 3. The van der Waals surface area contributed by atoms with Gasteiger partial charge in [-0.1, -0.05) is 78.5 Å².